The second-order valence-electron chi connectivity index (χ2n) is 9.13. The first kappa shape index (κ1) is 25.3. The maximum atomic E-state index is 13.9. The maximum absolute atomic E-state index is 13.9. The molecular formula is C30H26N2O5S2. The Bertz CT molecular complexity index is 1770. The van der Waals surface area contributed by atoms with E-state index in [-0.39, 0.29) is 18.2 Å². The predicted molar refractivity (Wildman–Crippen MR) is 152 cm³/mol. The number of ether oxygens (including phenoxy) is 3. The van der Waals surface area contributed by atoms with Gasteiger partial charge in [-0.25, -0.2) is 9.79 Å². The third-order valence-corrected chi connectivity index (χ3v) is 8.73. The Labute approximate surface area is 232 Å². The minimum absolute atomic E-state index is 0.0634. The molecule has 1 aliphatic heterocycles. The van der Waals surface area contributed by atoms with Crippen LogP contribution in [0.15, 0.2) is 75.3 Å². The molecule has 2 aromatic heterocycles. The van der Waals surface area contributed by atoms with E-state index in [1.807, 2.05) is 41.8 Å². The molecule has 7 nitrogen and oxygen atoms in total. The minimum Gasteiger partial charge on any atom is -0.490 e. The number of esters is 1. The number of aryl methyl sites for hydroxylation is 1. The summed E-state index contributed by atoms with van der Waals surface area (Å²) in [7, 11) is 1.31. The fraction of sp³-hybridized carbons (Fsp3) is 0.233. The molecule has 2 aliphatic rings. The van der Waals surface area contributed by atoms with E-state index in [2.05, 4.69) is 34.4 Å². The SMILES string of the molecule is CCOc1cc(C=c2sc3n(c2=O)C(c2cccs2)C2=C(N=3)c3ccccc3CC2)ccc1OCC(=O)OC. The highest BCUT2D eigenvalue weighted by molar-refractivity contribution is 7.10. The van der Waals surface area contributed by atoms with Gasteiger partial charge in [-0.1, -0.05) is 47.7 Å². The second kappa shape index (κ2) is 10.7. The van der Waals surface area contributed by atoms with E-state index in [0.29, 0.717) is 27.4 Å². The van der Waals surface area contributed by atoms with E-state index in [1.165, 1.54) is 29.6 Å². The van der Waals surface area contributed by atoms with Crippen LogP contribution in [0.4, 0.5) is 0 Å². The lowest BCUT2D eigenvalue weighted by atomic mass is 9.85. The van der Waals surface area contributed by atoms with Gasteiger partial charge >= 0.3 is 5.97 Å². The number of thiophene rings is 1. The molecule has 0 saturated carbocycles. The number of rotatable bonds is 7. The fourth-order valence-corrected chi connectivity index (χ4v) is 6.92. The van der Waals surface area contributed by atoms with Crippen LogP contribution in [0.5, 0.6) is 11.5 Å². The molecule has 3 heterocycles. The van der Waals surface area contributed by atoms with Gasteiger partial charge in [0.25, 0.3) is 5.56 Å². The van der Waals surface area contributed by atoms with Gasteiger partial charge in [0.1, 0.15) is 0 Å². The van der Waals surface area contributed by atoms with E-state index < -0.39 is 5.97 Å². The van der Waals surface area contributed by atoms with Crippen LogP contribution in [0, 0.1) is 0 Å². The summed E-state index contributed by atoms with van der Waals surface area (Å²) in [6, 6.07) is 17.8. The molecule has 1 atom stereocenters. The molecule has 4 aromatic rings. The van der Waals surface area contributed by atoms with Crippen LogP contribution in [-0.4, -0.2) is 30.9 Å². The molecule has 0 fully saturated rings. The number of carbonyl (C=O) groups is 1. The third kappa shape index (κ3) is 4.72. The lowest BCUT2D eigenvalue weighted by Crippen LogP contribution is -2.38. The fourth-order valence-electron chi connectivity index (χ4n) is 5.07. The summed E-state index contributed by atoms with van der Waals surface area (Å²) in [6.45, 7) is 2.08. The summed E-state index contributed by atoms with van der Waals surface area (Å²) in [5.74, 6) is 0.449. The number of hydrogen-bond acceptors (Lipinski definition) is 8. The smallest absolute Gasteiger partial charge is 0.343 e. The van der Waals surface area contributed by atoms with Crippen molar-refractivity contribution in [1.29, 1.82) is 0 Å². The number of allylic oxidation sites excluding steroid dienone is 1. The van der Waals surface area contributed by atoms with Gasteiger partial charge in [0, 0.05) is 10.4 Å². The normalized spacial score (nSPS) is 16.2. The van der Waals surface area contributed by atoms with Crippen LogP contribution in [-0.2, 0) is 16.0 Å². The van der Waals surface area contributed by atoms with Crippen molar-refractivity contribution in [2.75, 3.05) is 20.3 Å². The maximum Gasteiger partial charge on any atom is 0.343 e. The van der Waals surface area contributed by atoms with Gasteiger partial charge in [-0.05, 0) is 66.1 Å². The summed E-state index contributed by atoms with van der Waals surface area (Å²) in [4.78, 5) is 32.3. The highest BCUT2D eigenvalue weighted by atomic mass is 32.1. The van der Waals surface area contributed by atoms with Crippen LogP contribution in [0.2, 0.25) is 0 Å². The van der Waals surface area contributed by atoms with Gasteiger partial charge in [-0.2, -0.15) is 0 Å². The molecule has 1 aliphatic carbocycles. The molecule has 2 aromatic carbocycles. The first-order chi connectivity index (χ1) is 19.1. The van der Waals surface area contributed by atoms with Crippen molar-refractivity contribution in [3.8, 4) is 11.5 Å². The Kier molecular flexibility index (Phi) is 6.93. The van der Waals surface area contributed by atoms with Gasteiger partial charge in [0.2, 0.25) is 0 Å². The number of aromatic nitrogens is 1. The van der Waals surface area contributed by atoms with Gasteiger partial charge in [-0.3, -0.25) is 9.36 Å². The molecule has 39 heavy (non-hydrogen) atoms. The highest BCUT2D eigenvalue weighted by Crippen LogP contribution is 2.42. The van der Waals surface area contributed by atoms with E-state index in [9.17, 15) is 9.59 Å². The van der Waals surface area contributed by atoms with Crippen LogP contribution in [0.25, 0.3) is 11.8 Å². The van der Waals surface area contributed by atoms with Crippen molar-refractivity contribution in [2.24, 2.45) is 4.99 Å². The Balaban J connectivity index is 1.46. The van der Waals surface area contributed by atoms with Crippen LogP contribution in [0.1, 0.15) is 41.0 Å². The molecule has 0 amide bonds. The van der Waals surface area contributed by atoms with Gasteiger partial charge in [0.05, 0.1) is 30.0 Å². The average Bonchev–Trinajstić information content (AvgIpc) is 3.60. The summed E-state index contributed by atoms with van der Waals surface area (Å²) in [5, 5.41) is 2.06. The first-order valence-corrected chi connectivity index (χ1v) is 14.4. The summed E-state index contributed by atoms with van der Waals surface area (Å²) < 4.78 is 18.4. The van der Waals surface area contributed by atoms with Gasteiger partial charge < -0.3 is 14.2 Å². The zero-order valence-electron chi connectivity index (χ0n) is 21.5. The van der Waals surface area contributed by atoms with Crippen molar-refractivity contribution < 1.29 is 19.0 Å². The van der Waals surface area contributed by atoms with E-state index >= 15 is 0 Å². The van der Waals surface area contributed by atoms with Gasteiger partial charge in [0.15, 0.2) is 22.9 Å². The number of hydrogen-bond donors (Lipinski definition) is 0. The predicted octanol–water partition coefficient (Wildman–Crippen LogP) is 4.33. The van der Waals surface area contributed by atoms with Crippen LogP contribution in [0.3, 0.4) is 0 Å². The molecule has 198 valence electrons. The standard InChI is InChI=1S/C30H26N2O5S2/c1-3-36-23-15-18(10-13-22(23)37-17-26(33)35-2)16-25-29(34)32-28(24-9-6-14-38-24)21-12-11-19-7-4-5-8-20(19)27(21)31-30(32)39-25/h4-10,13-16,28H,3,11-12,17H2,1-2H3. The van der Waals surface area contributed by atoms with Crippen LogP contribution >= 0.6 is 22.7 Å². The minimum atomic E-state index is -0.478. The molecule has 6 rings (SSSR count). The summed E-state index contributed by atoms with van der Waals surface area (Å²) >= 11 is 3.06. The Morgan fingerprint density at radius 2 is 1.97 bits per heavy atom. The quantitative estimate of drug-likeness (QED) is 0.316. The molecule has 0 saturated heterocycles. The average molecular weight is 559 g/mol. The Morgan fingerprint density at radius 1 is 1.10 bits per heavy atom. The lowest BCUT2D eigenvalue weighted by molar-refractivity contribution is -0.142. The zero-order valence-corrected chi connectivity index (χ0v) is 23.1. The third-order valence-electron chi connectivity index (χ3n) is 6.82. The van der Waals surface area contributed by atoms with Crippen molar-refractivity contribution in [3.63, 3.8) is 0 Å². The Morgan fingerprint density at radius 3 is 2.77 bits per heavy atom. The van der Waals surface area contributed by atoms with Crippen molar-refractivity contribution in [1.82, 2.24) is 4.57 Å². The monoisotopic (exact) mass is 558 g/mol. The number of benzene rings is 2. The molecule has 0 spiro atoms. The Hall–Kier alpha value is -3.95. The second-order valence-corrected chi connectivity index (χ2v) is 11.1. The molecular weight excluding hydrogens is 532 g/mol. The molecule has 9 heteroatoms. The summed E-state index contributed by atoms with van der Waals surface area (Å²) in [5.41, 5.74) is 5.36. The topological polar surface area (TPSA) is 79.1 Å². The van der Waals surface area contributed by atoms with E-state index in [4.69, 9.17) is 14.5 Å². The molecule has 0 N–H and O–H groups in total. The van der Waals surface area contributed by atoms with Crippen LogP contribution < -0.4 is 24.4 Å². The van der Waals surface area contributed by atoms with E-state index in [0.717, 1.165) is 34.5 Å². The molecule has 1 unspecified atom stereocenters. The summed E-state index contributed by atoms with van der Waals surface area (Å²) in [6.07, 6.45) is 3.66. The number of fused-ring (bicyclic) bond motifs is 3. The number of carbonyl (C=O) groups excluding carboxylic acids is 1. The number of thiazole rings is 1. The first-order valence-electron chi connectivity index (χ1n) is 12.7. The highest BCUT2D eigenvalue weighted by Gasteiger charge is 2.33. The largest absolute Gasteiger partial charge is 0.490 e. The lowest BCUT2D eigenvalue weighted by Gasteiger charge is -2.30. The van der Waals surface area contributed by atoms with Crippen molar-refractivity contribution >= 4 is 40.4 Å². The van der Waals surface area contributed by atoms with Crippen molar-refractivity contribution in [3.05, 3.63) is 107 Å². The van der Waals surface area contributed by atoms with Gasteiger partial charge in [-0.15, -0.1) is 11.3 Å². The number of methoxy groups -OCH3 is 1. The van der Waals surface area contributed by atoms with E-state index in [1.54, 1.807) is 17.4 Å². The van der Waals surface area contributed by atoms with Crippen molar-refractivity contribution in [2.45, 2.75) is 25.8 Å². The number of nitrogens with zero attached hydrogens (tertiary/aromatic N) is 2. The zero-order chi connectivity index (χ0) is 26.9. The molecule has 0 radical (unpaired) electrons. The molecule has 0 bridgehead atoms.